The lowest BCUT2D eigenvalue weighted by Crippen LogP contribution is -1.96. The molecule has 0 aromatic heterocycles. The van der Waals surface area contributed by atoms with Crippen LogP contribution in [0.25, 0.3) is 6.08 Å². The van der Waals surface area contributed by atoms with Gasteiger partial charge in [-0.05, 0) is 47.5 Å². The Morgan fingerprint density at radius 3 is 2.43 bits per heavy atom. The molecule has 0 bridgehead atoms. The van der Waals surface area contributed by atoms with Crippen molar-refractivity contribution in [3.8, 4) is 5.75 Å². The second-order valence-corrected chi connectivity index (χ2v) is 5.45. The van der Waals surface area contributed by atoms with Crippen LogP contribution in [0.3, 0.4) is 0 Å². The highest BCUT2D eigenvalue weighted by molar-refractivity contribution is 6.66. The summed E-state index contributed by atoms with van der Waals surface area (Å²) in [5.41, 5.74) is 1.72. The molecule has 2 nitrogen and oxygen atoms in total. The Kier molecular flexibility index (Phi) is 5.68. The van der Waals surface area contributed by atoms with Crippen LogP contribution in [-0.2, 0) is 11.4 Å². The van der Waals surface area contributed by atoms with Gasteiger partial charge >= 0.3 is 0 Å². The predicted molar refractivity (Wildman–Crippen MR) is 87.1 cm³/mol. The largest absolute Gasteiger partial charge is 0.489 e. The Balaban J connectivity index is 1.99. The summed E-state index contributed by atoms with van der Waals surface area (Å²) in [7, 11) is 0. The van der Waals surface area contributed by atoms with Crippen LogP contribution in [0.4, 0.5) is 0 Å². The van der Waals surface area contributed by atoms with E-state index in [1.54, 1.807) is 18.2 Å². The molecule has 0 saturated carbocycles. The first-order valence-electron chi connectivity index (χ1n) is 6.09. The van der Waals surface area contributed by atoms with Crippen LogP contribution in [0.2, 0.25) is 10.0 Å². The van der Waals surface area contributed by atoms with E-state index < -0.39 is 5.24 Å². The van der Waals surface area contributed by atoms with Gasteiger partial charge in [0.15, 0.2) is 0 Å². The van der Waals surface area contributed by atoms with Gasteiger partial charge in [-0.2, -0.15) is 0 Å². The van der Waals surface area contributed by atoms with Crippen molar-refractivity contribution in [1.82, 2.24) is 0 Å². The first kappa shape index (κ1) is 15.9. The van der Waals surface area contributed by atoms with Gasteiger partial charge in [0.25, 0.3) is 0 Å². The summed E-state index contributed by atoms with van der Waals surface area (Å²) in [5, 5.41) is 0.657. The molecular weight excluding hydrogens is 331 g/mol. The molecule has 0 aliphatic heterocycles. The zero-order chi connectivity index (χ0) is 15.2. The number of carbonyl (C=O) groups excluding carboxylic acids is 1. The molecule has 0 amide bonds. The summed E-state index contributed by atoms with van der Waals surface area (Å²) in [6.45, 7) is 0.353. The lowest BCUT2D eigenvalue weighted by atomic mass is 10.2. The van der Waals surface area contributed by atoms with E-state index >= 15 is 0 Å². The Labute approximate surface area is 137 Å². The maximum Gasteiger partial charge on any atom is 0.245 e. The lowest BCUT2D eigenvalue weighted by molar-refractivity contribution is -0.107. The smallest absolute Gasteiger partial charge is 0.245 e. The number of carbonyl (C=O) groups is 1. The molecule has 5 heteroatoms. The van der Waals surface area contributed by atoms with E-state index in [4.69, 9.17) is 39.5 Å². The molecule has 2 rings (SSSR count). The van der Waals surface area contributed by atoms with Crippen LogP contribution in [0.15, 0.2) is 48.5 Å². The fourth-order valence-corrected chi connectivity index (χ4v) is 2.16. The summed E-state index contributed by atoms with van der Waals surface area (Å²) >= 11 is 17.1. The van der Waals surface area contributed by atoms with Crippen molar-refractivity contribution in [2.24, 2.45) is 0 Å². The Hall–Kier alpha value is -1.48. The summed E-state index contributed by atoms with van der Waals surface area (Å²) in [6, 6.07) is 12.5. The maximum absolute atomic E-state index is 10.6. The Bertz CT molecular complexity index is 664. The average Bonchev–Trinajstić information content (AvgIpc) is 2.45. The normalized spacial score (nSPS) is 10.8. The van der Waals surface area contributed by atoms with Crippen LogP contribution >= 0.6 is 34.8 Å². The van der Waals surface area contributed by atoms with E-state index in [1.165, 1.54) is 6.08 Å². The molecule has 0 fully saturated rings. The van der Waals surface area contributed by atoms with Crippen LogP contribution in [0, 0.1) is 0 Å². The van der Waals surface area contributed by atoms with Crippen molar-refractivity contribution >= 4 is 46.1 Å². The fraction of sp³-hybridized carbons (Fsp3) is 0.0625. The molecule has 2 aromatic carbocycles. The lowest BCUT2D eigenvalue weighted by Gasteiger charge is -2.08. The van der Waals surface area contributed by atoms with E-state index in [0.717, 1.165) is 11.1 Å². The number of benzene rings is 2. The third-order valence-corrected chi connectivity index (χ3v) is 3.41. The van der Waals surface area contributed by atoms with E-state index in [0.29, 0.717) is 22.4 Å². The summed E-state index contributed by atoms with van der Waals surface area (Å²) < 4.78 is 5.65. The maximum atomic E-state index is 10.6. The fourth-order valence-electron chi connectivity index (χ4n) is 1.64. The van der Waals surface area contributed by atoms with Crippen molar-refractivity contribution in [2.75, 3.05) is 0 Å². The monoisotopic (exact) mass is 340 g/mol. The van der Waals surface area contributed by atoms with Crippen LogP contribution in [0.5, 0.6) is 5.75 Å². The second kappa shape index (κ2) is 7.51. The zero-order valence-corrected chi connectivity index (χ0v) is 13.1. The van der Waals surface area contributed by atoms with E-state index in [1.807, 2.05) is 30.3 Å². The van der Waals surface area contributed by atoms with Gasteiger partial charge in [-0.15, -0.1) is 0 Å². The molecule has 0 atom stereocenters. The minimum absolute atomic E-state index is 0.353. The zero-order valence-electron chi connectivity index (χ0n) is 10.9. The predicted octanol–water partition coefficient (Wildman–Crippen LogP) is 5.35. The Morgan fingerprint density at radius 2 is 1.81 bits per heavy atom. The highest BCUT2D eigenvalue weighted by atomic mass is 35.5. The molecule has 108 valence electrons. The minimum Gasteiger partial charge on any atom is -0.489 e. The van der Waals surface area contributed by atoms with Crippen LogP contribution in [-0.4, -0.2) is 5.24 Å². The average molecular weight is 342 g/mol. The number of halogens is 3. The van der Waals surface area contributed by atoms with Gasteiger partial charge in [0.1, 0.15) is 12.4 Å². The van der Waals surface area contributed by atoms with Crippen LogP contribution in [0.1, 0.15) is 11.1 Å². The van der Waals surface area contributed by atoms with Gasteiger partial charge in [-0.3, -0.25) is 4.79 Å². The quantitative estimate of drug-likeness (QED) is 0.541. The highest BCUT2D eigenvalue weighted by Crippen LogP contribution is 2.23. The van der Waals surface area contributed by atoms with Gasteiger partial charge in [0.2, 0.25) is 5.24 Å². The molecule has 0 unspecified atom stereocenters. The van der Waals surface area contributed by atoms with Gasteiger partial charge in [-0.25, -0.2) is 0 Å². The van der Waals surface area contributed by atoms with Crippen molar-refractivity contribution in [2.45, 2.75) is 6.61 Å². The summed E-state index contributed by atoms with van der Waals surface area (Å²) in [6.07, 6.45) is 2.93. The van der Waals surface area contributed by atoms with Crippen molar-refractivity contribution in [3.05, 3.63) is 69.7 Å². The first-order chi connectivity index (χ1) is 10.0. The summed E-state index contributed by atoms with van der Waals surface area (Å²) in [5.74, 6) is 0.704. The van der Waals surface area contributed by atoms with Crippen molar-refractivity contribution in [3.63, 3.8) is 0 Å². The van der Waals surface area contributed by atoms with E-state index in [9.17, 15) is 4.79 Å². The molecule has 0 aliphatic carbocycles. The number of hydrogen-bond acceptors (Lipinski definition) is 2. The van der Waals surface area contributed by atoms with E-state index in [2.05, 4.69) is 0 Å². The topological polar surface area (TPSA) is 26.3 Å². The third kappa shape index (κ3) is 5.09. The van der Waals surface area contributed by atoms with Gasteiger partial charge in [0.05, 0.1) is 0 Å². The minimum atomic E-state index is -0.507. The molecule has 0 aliphatic rings. The van der Waals surface area contributed by atoms with Crippen molar-refractivity contribution in [1.29, 1.82) is 0 Å². The van der Waals surface area contributed by atoms with Crippen molar-refractivity contribution < 1.29 is 9.53 Å². The summed E-state index contributed by atoms with van der Waals surface area (Å²) in [4.78, 5) is 10.6. The number of rotatable bonds is 5. The van der Waals surface area contributed by atoms with Crippen LogP contribution < -0.4 is 4.74 Å². The molecule has 0 N–H and O–H groups in total. The van der Waals surface area contributed by atoms with Gasteiger partial charge < -0.3 is 4.74 Å². The molecule has 0 heterocycles. The number of ether oxygens (including phenoxy) is 1. The molecule has 0 saturated heterocycles. The number of allylic oxidation sites excluding steroid dienone is 1. The standard InChI is InChI=1S/C16H11Cl3O2/c17-13-5-4-12(15(18)9-13)10-21-14-6-1-11(2-7-14)3-8-16(19)20/h1-9H,10H2/b8-3+. The number of hydrogen-bond donors (Lipinski definition) is 0. The molecule has 0 radical (unpaired) electrons. The molecule has 0 spiro atoms. The van der Waals surface area contributed by atoms with Gasteiger partial charge in [0, 0.05) is 15.6 Å². The highest BCUT2D eigenvalue weighted by Gasteiger charge is 2.02. The third-order valence-electron chi connectivity index (χ3n) is 2.70. The van der Waals surface area contributed by atoms with Gasteiger partial charge in [-0.1, -0.05) is 47.5 Å². The SMILES string of the molecule is O=C(Cl)/C=C/c1ccc(OCc2ccc(Cl)cc2Cl)cc1. The Morgan fingerprint density at radius 1 is 1.10 bits per heavy atom. The second-order valence-electron chi connectivity index (χ2n) is 4.23. The molecular formula is C16H11Cl3O2. The molecule has 21 heavy (non-hydrogen) atoms. The first-order valence-corrected chi connectivity index (χ1v) is 7.22. The van der Waals surface area contributed by atoms with E-state index in [-0.39, 0.29) is 0 Å². The molecule has 2 aromatic rings.